The molecule has 0 bridgehead atoms. The van der Waals surface area contributed by atoms with Crippen molar-refractivity contribution >= 4 is 11.9 Å². The zero-order valence-corrected chi connectivity index (χ0v) is 11.6. The van der Waals surface area contributed by atoms with Crippen LogP contribution < -0.4 is 20.9 Å². The Bertz CT molecular complexity index is 405. The van der Waals surface area contributed by atoms with Crippen LogP contribution in [0, 0.1) is 5.92 Å². The van der Waals surface area contributed by atoms with Crippen molar-refractivity contribution < 1.29 is 4.74 Å². The first-order chi connectivity index (χ1) is 9.26. The molecule has 19 heavy (non-hydrogen) atoms. The van der Waals surface area contributed by atoms with Crippen molar-refractivity contribution in [2.24, 2.45) is 11.8 Å². The lowest BCUT2D eigenvalue weighted by Gasteiger charge is -2.19. The third kappa shape index (κ3) is 3.92. The molecule has 0 radical (unpaired) electrons. The number of hydrogen-bond donors (Lipinski definition) is 2. The fourth-order valence-corrected chi connectivity index (χ4v) is 1.85. The van der Waals surface area contributed by atoms with Crippen LogP contribution in [-0.4, -0.2) is 34.6 Å². The minimum atomic E-state index is 0.332. The van der Waals surface area contributed by atoms with Crippen LogP contribution in [0.15, 0.2) is 0 Å². The van der Waals surface area contributed by atoms with Crippen molar-refractivity contribution in [3.8, 4) is 6.01 Å². The molecule has 0 aromatic carbocycles. The molecular formula is C12H22N6O. The van der Waals surface area contributed by atoms with Crippen molar-refractivity contribution in [1.82, 2.24) is 15.0 Å². The molecule has 1 aromatic rings. The zero-order valence-electron chi connectivity index (χ0n) is 11.6. The number of rotatable bonds is 8. The first-order valence-electron chi connectivity index (χ1n) is 6.87. The molecule has 2 rings (SSSR count). The quantitative estimate of drug-likeness (QED) is 0.539. The number of nitrogen functional groups attached to an aromatic ring is 1. The fourth-order valence-electron chi connectivity index (χ4n) is 1.85. The second kappa shape index (κ2) is 6.51. The number of nitrogens with zero attached hydrogens (tertiary/aromatic N) is 4. The maximum Gasteiger partial charge on any atom is 0.323 e. The third-order valence-electron chi connectivity index (χ3n) is 3.23. The van der Waals surface area contributed by atoms with Crippen LogP contribution >= 0.6 is 0 Å². The van der Waals surface area contributed by atoms with Gasteiger partial charge in [-0.25, -0.2) is 5.84 Å². The lowest BCUT2D eigenvalue weighted by Crippen LogP contribution is -2.25. The highest BCUT2D eigenvalue weighted by molar-refractivity contribution is 5.37. The van der Waals surface area contributed by atoms with Crippen LogP contribution in [0.5, 0.6) is 6.01 Å². The molecule has 1 aliphatic rings. The third-order valence-corrected chi connectivity index (χ3v) is 3.23. The predicted octanol–water partition coefficient (Wildman–Crippen LogP) is 1.18. The molecule has 1 fully saturated rings. The van der Waals surface area contributed by atoms with Gasteiger partial charge in [-0.2, -0.15) is 15.0 Å². The molecule has 106 valence electrons. The van der Waals surface area contributed by atoms with Gasteiger partial charge in [0.05, 0.1) is 6.61 Å². The van der Waals surface area contributed by atoms with Crippen molar-refractivity contribution in [3.05, 3.63) is 0 Å². The van der Waals surface area contributed by atoms with E-state index in [0.29, 0.717) is 24.5 Å². The van der Waals surface area contributed by atoms with Crippen molar-refractivity contribution in [2.45, 2.75) is 33.1 Å². The number of aromatic nitrogens is 3. The number of nitrogens with two attached hydrogens (primary N) is 1. The summed E-state index contributed by atoms with van der Waals surface area (Å²) >= 11 is 0. The van der Waals surface area contributed by atoms with E-state index in [1.807, 2.05) is 4.90 Å². The second-order valence-corrected chi connectivity index (χ2v) is 4.64. The highest BCUT2D eigenvalue weighted by atomic mass is 16.5. The minimum Gasteiger partial charge on any atom is -0.463 e. The maximum atomic E-state index is 5.59. The second-order valence-electron chi connectivity index (χ2n) is 4.64. The van der Waals surface area contributed by atoms with E-state index in [0.717, 1.165) is 25.4 Å². The molecule has 0 saturated heterocycles. The molecule has 1 aliphatic carbocycles. The van der Waals surface area contributed by atoms with E-state index in [4.69, 9.17) is 10.6 Å². The van der Waals surface area contributed by atoms with Crippen LogP contribution in [0.25, 0.3) is 0 Å². The number of hydrogen-bond acceptors (Lipinski definition) is 7. The monoisotopic (exact) mass is 266 g/mol. The maximum absolute atomic E-state index is 5.59. The number of hydrazine groups is 1. The van der Waals surface area contributed by atoms with E-state index in [-0.39, 0.29) is 0 Å². The van der Waals surface area contributed by atoms with Gasteiger partial charge in [0.25, 0.3) is 0 Å². The zero-order chi connectivity index (χ0) is 13.7. The average molecular weight is 266 g/mol. The summed E-state index contributed by atoms with van der Waals surface area (Å²) in [5.41, 5.74) is 2.45. The molecule has 3 N–H and O–H groups in total. The van der Waals surface area contributed by atoms with Gasteiger partial charge in [0, 0.05) is 13.1 Å². The standard InChI is InChI=1S/C12H22N6O/c1-3-18(4-2)11-14-10(17-13)15-12(16-11)19-8-7-9-5-6-9/h9H,3-8,13H2,1-2H3,(H,14,15,16,17). The molecule has 1 heterocycles. The average Bonchev–Trinajstić information content (AvgIpc) is 3.24. The molecule has 1 aromatic heterocycles. The summed E-state index contributed by atoms with van der Waals surface area (Å²) in [7, 11) is 0. The number of anilines is 2. The summed E-state index contributed by atoms with van der Waals surface area (Å²) in [6.07, 6.45) is 3.71. The Kier molecular flexibility index (Phi) is 4.73. The molecule has 0 aliphatic heterocycles. The van der Waals surface area contributed by atoms with E-state index in [2.05, 4.69) is 34.2 Å². The van der Waals surface area contributed by atoms with Gasteiger partial charge in [-0.1, -0.05) is 12.8 Å². The van der Waals surface area contributed by atoms with E-state index < -0.39 is 0 Å². The Labute approximate surface area is 113 Å². The highest BCUT2D eigenvalue weighted by Crippen LogP contribution is 2.32. The van der Waals surface area contributed by atoms with E-state index in [1.165, 1.54) is 12.8 Å². The van der Waals surface area contributed by atoms with Gasteiger partial charge in [0.2, 0.25) is 11.9 Å². The summed E-state index contributed by atoms with van der Waals surface area (Å²) in [5.74, 6) is 7.13. The molecule has 7 heteroatoms. The summed E-state index contributed by atoms with van der Waals surface area (Å²) < 4.78 is 5.59. The lowest BCUT2D eigenvalue weighted by atomic mass is 10.3. The first kappa shape index (κ1) is 13.8. The van der Waals surface area contributed by atoms with Gasteiger partial charge in [0.1, 0.15) is 0 Å². The van der Waals surface area contributed by atoms with Crippen LogP contribution in [0.4, 0.5) is 11.9 Å². The topological polar surface area (TPSA) is 89.2 Å². The molecule has 1 saturated carbocycles. The summed E-state index contributed by atoms with van der Waals surface area (Å²) in [4.78, 5) is 14.7. The lowest BCUT2D eigenvalue weighted by molar-refractivity contribution is 0.279. The number of ether oxygens (including phenoxy) is 1. The van der Waals surface area contributed by atoms with Gasteiger partial charge < -0.3 is 9.64 Å². The van der Waals surface area contributed by atoms with Crippen LogP contribution in [0.3, 0.4) is 0 Å². The predicted molar refractivity (Wildman–Crippen MR) is 74.0 cm³/mol. The van der Waals surface area contributed by atoms with E-state index >= 15 is 0 Å². The first-order valence-corrected chi connectivity index (χ1v) is 6.87. The van der Waals surface area contributed by atoms with E-state index in [9.17, 15) is 0 Å². The van der Waals surface area contributed by atoms with Crippen LogP contribution in [-0.2, 0) is 0 Å². The van der Waals surface area contributed by atoms with E-state index in [1.54, 1.807) is 0 Å². The minimum absolute atomic E-state index is 0.332. The van der Waals surface area contributed by atoms with Gasteiger partial charge >= 0.3 is 6.01 Å². The Hall–Kier alpha value is -1.63. The van der Waals surface area contributed by atoms with Crippen molar-refractivity contribution in [1.29, 1.82) is 0 Å². The SMILES string of the molecule is CCN(CC)c1nc(NN)nc(OCCC2CC2)n1. The van der Waals surface area contributed by atoms with Crippen molar-refractivity contribution in [3.63, 3.8) is 0 Å². The Morgan fingerprint density at radius 2 is 2.00 bits per heavy atom. The summed E-state index contributed by atoms with van der Waals surface area (Å²) in [6, 6.07) is 0.338. The highest BCUT2D eigenvalue weighted by Gasteiger charge is 2.21. The molecule has 7 nitrogen and oxygen atoms in total. The van der Waals surface area contributed by atoms with Gasteiger partial charge in [-0.15, -0.1) is 0 Å². The molecule has 0 amide bonds. The Morgan fingerprint density at radius 1 is 1.26 bits per heavy atom. The fraction of sp³-hybridized carbons (Fsp3) is 0.750. The number of nitrogens with one attached hydrogen (secondary N) is 1. The smallest absolute Gasteiger partial charge is 0.323 e. The van der Waals surface area contributed by atoms with Crippen LogP contribution in [0.1, 0.15) is 33.1 Å². The van der Waals surface area contributed by atoms with Gasteiger partial charge in [-0.3, -0.25) is 5.43 Å². The molecule has 0 atom stereocenters. The summed E-state index contributed by atoms with van der Waals surface area (Å²) in [6.45, 7) is 6.40. The normalized spacial score (nSPS) is 14.3. The molecular weight excluding hydrogens is 244 g/mol. The molecule has 0 spiro atoms. The van der Waals surface area contributed by atoms with Crippen molar-refractivity contribution in [2.75, 3.05) is 30.0 Å². The largest absolute Gasteiger partial charge is 0.463 e. The van der Waals surface area contributed by atoms with Gasteiger partial charge in [0.15, 0.2) is 0 Å². The summed E-state index contributed by atoms with van der Waals surface area (Å²) in [5, 5.41) is 0. The van der Waals surface area contributed by atoms with Gasteiger partial charge in [-0.05, 0) is 26.2 Å². The molecule has 0 unspecified atom stereocenters. The Balaban J connectivity index is 2.04. The van der Waals surface area contributed by atoms with Crippen LogP contribution in [0.2, 0.25) is 0 Å². The Morgan fingerprint density at radius 3 is 2.58 bits per heavy atom.